The fraction of sp³-hybridized carbons (Fsp3) is 0.280. The zero-order chi connectivity index (χ0) is 25.4. The number of pyridine rings is 2. The van der Waals surface area contributed by atoms with Gasteiger partial charge >= 0.3 is 12.1 Å². The average molecular weight is 500 g/mol. The summed E-state index contributed by atoms with van der Waals surface area (Å²) in [5.41, 5.74) is 0.443. The van der Waals surface area contributed by atoms with E-state index in [0.717, 1.165) is 12.1 Å². The summed E-state index contributed by atoms with van der Waals surface area (Å²) in [7, 11) is 0. The fourth-order valence-electron chi connectivity index (χ4n) is 4.29. The van der Waals surface area contributed by atoms with E-state index in [1.54, 1.807) is 12.1 Å². The minimum absolute atomic E-state index is 0.0511. The Hall–Kier alpha value is -4.02. The molecule has 4 aromatic rings. The summed E-state index contributed by atoms with van der Waals surface area (Å²) in [5, 5.41) is 9.09. The third kappa shape index (κ3) is 4.86. The second-order valence-corrected chi connectivity index (χ2v) is 8.68. The number of hydrogen-bond acceptors (Lipinski definition) is 5. The number of carboxylic acids is 1. The first kappa shape index (κ1) is 23.7. The molecule has 11 heteroatoms. The Labute approximate surface area is 202 Å². The van der Waals surface area contributed by atoms with Crippen molar-refractivity contribution in [1.29, 1.82) is 0 Å². The maximum Gasteiger partial charge on any atom is 0.416 e. The quantitative estimate of drug-likeness (QED) is 0.333. The van der Waals surface area contributed by atoms with Crippen LogP contribution < -0.4 is 4.74 Å². The number of benzene rings is 1. The number of aliphatic carboxylic acids is 1. The first-order valence-electron chi connectivity index (χ1n) is 11.3. The van der Waals surface area contributed by atoms with Crippen molar-refractivity contribution in [2.75, 3.05) is 0 Å². The number of ether oxygens (including phenoxy) is 1. The van der Waals surface area contributed by atoms with Gasteiger partial charge in [0.1, 0.15) is 23.4 Å². The molecule has 2 N–H and O–H groups in total. The van der Waals surface area contributed by atoms with Crippen molar-refractivity contribution in [3.63, 3.8) is 0 Å². The highest BCUT2D eigenvalue weighted by atomic mass is 19.4. The third-order valence-electron chi connectivity index (χ3n) is 6.24. The van der Waals surface area contributed by atoms with Crippen LogP contribution in [0.2, 0.25) is 0 Å². The van der Waals surface area contributed by atoms with Crippen molar-refractivity contribution < 1.29 is 32.2 Å². The maximum absolute atomic E-state index is 14.9. The second kappa shape index (κ2) is 9.21. The van der Waals surface area contributed by atoms with E-state index in [1.165, 1.54) is 24.5 Å². The molecule has 186 valence electrons. The number of carbonyl (C=O) groups is 1. The first-order chi connectivity index (χ1) is 17.2. The van der Waals surface area contributed by atoms with Crippen LogP contribution in [0, 0.1) is 11.7 Å². The van der Waals surface area contributed by atoms with Crippen molar-refractivity contribution in [3.8, 4) is 28.5 Å². The van der Waals surface area contributed by atoms with E-state index in [0.29, 0.717) is 42.6 Å². The number of H-pyrrole nitrogens is 1. The number of alkyl halides is 3. The lowest BCUT2D eigenvalue weighted by Gasteiger charge is -2.26. The SMILES string of the molecule is O=C(O)C1CCC(Oc2ccc(-c3ncc(-c4nc5ccc(C(F)(F)F)cc5[nH]4)cc3F)cn2)CC1. The van der Waals surface area contributed by atoms with Crippen molar-refractivity contribution >= 4 is 17.0 Å². The summed E-state index contributed by atoms with van der Waals surface area (Å²) in [6.45, 7) is 0. The molecule has 1 aliphatic rings. The van der Waals surface area contributed by atoms with Crippen LogP contribution in [0.15, 0.2) is 48.8 Å². The summed E-state index contributed by atoms with van der Waals surface area (Å²) in [5.74, 6) is -1.22. The van der Waals surface area contributed by atoms with Gasteiger partial charge in [-0.15, -0.1) is 0 Å². The fourth-order valence-corrected chi connectivity index (χ4v) is 4.29. The lowest BCUT2D eigenvalue weighted by Crippen LogP contribution is -2.28. The van der Waals surface area contributed by atoms with Gasteiger partial charge in [0.05, 0.1) is 22.5 Å². The molecule has 3 heterocycles. The number of fused-ring (bicyclic) bond motifs is 1. The highest BCUT2D eigenvalue weighted by molar-refractivity contribution is 5.80. The van der Waals surface area contributed by atoms with Crippen LogP contribution in [0.3, 0.4) is 0 Å². The molecule has 3 aromatic heterocycles. The molecule has 0 bridgehead atoms. The number of nitrogens with one attached hydrogen (secondary N) is 1. The van der Waals surface area contributed by atoms with Crippen molar-refractivity contribution in [1.82, 2.24) is 19.9 Å². The molecule has 1 aliphatic carbocycles. The Balaban J connectivity index is 1.30. The molecule has 0 radical (unpaired) electrons. The van der Waals surface area contributed by atoms with E-state index in [9.17, 15) is 22.4 Å². The van der Waals surface area contributed by atoms with Crippen molar-refractivity contribution in [3.05, 3.63) is 60.2 Å². The predicted octanol–water partition coefficient (Wildman–Crippen LogP) is 5.87. The molecular formula is C25H20F4N4O3. The monoisotopic (exact) mass is 500 g/mol. The molecule has 36 heavy (non-hydrogen) atoms. The second-order valence-electron chi connectivity index (χ2n) is 8.68. The van der Waals surface area contributed by atoms with Gasteiger partial charge in [-0.25, -0.2) is 14.4 Å². The van der Waals surface area contributed by atoms with E-state index in [2.05, 4.69) is 19.9 Å². The Kier molecular flexibility index (Phi) is 6.07. The van der Waals surface area contributed by atoms with Crippen LogP contribution in [-0.2, 0) is 11.0 Å². The molecular weight excluding hydrogens is 480 g/mol. The van der Waals surface area contributed by atoms with Gasteiger partial charge in [-0.2, -0.15) is 13.2 Å². The Morgan fingerprint density at radius 2 is 1.75 bits per heavy atom. The van der Waals surface area contributed by atoms with E-state index in [1.807, 2.05) is 0 Å². The topological polar surface area (TPSA) is 101 Å². The van der Waals surface area contributed by atoms with Crippen LogP contribution in [0.4, 0.5) is 17.6 Å². The summed E-state index contributed by atoms with van der Waals surface area (Å²) in [4.78, 5) is 26.5. The Morgan fingerprint density at radius 3 is 2.39 bits per heavy atom. The molecule has 0 unspecified atom stereocenters. The average Bonchev–Trinajstić information content (AvgIpc) is 3.28. The number of aromatic nitrogens is 4. The predicted molar refractivity (Wildman–Crippen MR) is 122 cm³/mol. The molecule has 0 saturated heterocycles. The van der Waals surface area contributed by atoms with Crippen LogP contribution in [0.25, 0.3) is 33.7 Å². The smallest absolute Gasteiger partial charge is 0.416 e. The molecule has 7 nitrogen and oxygen atoms in total. The lowest BCUT2D eigenvalue weighted by atomic mass is 9.87. The summed E-state index contributed by atoms with van der Waals surface area (Å²) >= 11 is 0. The van der Waals surface area contributed by atoms with Crippen molar-refractivity contribution in [2.24, 2.45) is 5.92 Å². The molecule has 1 aromatic carbocycles. The van der Waals surface area contributed by atoms with Crippen LogP contribution >= 0.6 is 0 Å². The molecule has 0 spiro atoms. The van der Waals surface area contributed by atoms with Crippen LogP contribution in [0.1, 0.15) is 31.2 Å². The molecule has 0 amide bonds. The molecule has 1 fully saturated rings. The van der Waals surface area contributed by atoms with Gasteiger partial charge in [-0.3, -0.25) is 9.78 Å². The van der Waals surface area contributed by atoms with Crippen LogP contribution in [-0.4, -0.2) is 37.1 Å². The van der Waals surface area contributed by atoms with Gasteiger partial charge in [0.2, 0.25) is 5.88 Å². The lowest BCUT2D eigenvalue weighted by molar-refractivity contribution is -0.143. The normalized spacial score (nSPS) is 18.3. The Bertz CT molecular complexity index is 1410. The minimum atomic E-state index is -4.48. The first-order valence-corrected chi connectivity index (χ1v) is 11.3. The zero-order valence-electron chi connectivity index (χ0n) is 18.7. The highest BCUT2D eigenvalue weighted by Crippen LogP contribution is 2.32. The number of rotatable bonds is 5. The van der Waals surface area contributed by atoms with Gasteiger partial charge in [-0.05, 0) is 56.0 Å². The largest absolute Gasteiger partial charge is 0.481 e. The van der Waals surface area contributed by atoms with Crippen LogP contribution in [0.5, 0.6) is 5.88 Å². The van der Waals surface area contributed by atoms with Gasteiger partial charge in [-0.1, -0.05) is 0 Å². The van der Waals surface area contributed by atoms with E-state index in [-0.39, 0.29) is 34.6 Å². The standard InChI is InChI=1S/C25H20F4N4O3/c26-18-9-15(23-32-19-7-4-16(25(27,28)29)10-20(19)33-23)12-31-22(18)14-3-8-21(30-11-14)36-17-5-1-13(2-6-17)24(34)35/h3-4,7-13,17H,1-2,5-6H2,(H,32,33)(H,34,35). The summed E-state index contributed by atoms with van der Waals surface area (Å²) < 4.78 is 59.6. The number of imidazole rings is 1. The highest BCUT2D eigenvalue weighted by Gasteiger charge is 2.31. The zero-order valence-corrected chi connectivity index (χ0v) is 18.7. The Morgan fingerprint density at radius 1 is 1.00 bits per heavy atom. The van der Waals surface area contributed by atoms with E-state index >= 15 is 0 Å². The number of carboxylic acid groups (broad SMARTS) is 1. The summed E-state index contributed by atoms with van der Waals surface area (Å²) in [6.07, 6.45) is 0.555. The van der Waals surface area contributed by atoms with E-state index < -0.39 is 23.5 Å². The number of hydrogen-bond donors (Lipinski definition) is 2. The number of halogens is 4. The maximum atomic E-state index is 14.9. The van der Waals surface area contributed by atoms with Gasteiger partial charge in [0.15, 0.2) is 0 Å². The van der Waals surface area contributed by atoms with Crippen molar-refractivity contribution in [2.45, 2.75) is 38.0 Å². The number of nitrogens with zero attached hydrogens (tertiary/aromatic N) is 3. The summed E-state index contributed by atoms with van der Waals surface area (Å²) in [6, 6.07) is 7.58. The van der Waals surface area contributed by atoms with Gasteiger partial charge < -0.3 is 14.8 Å². The minimum Gasteiger partial charge on any atom is -0.481 e. The van der Waals surface area contributed by atoms with Gasteiger partial charge in [0, 0.05) is 29.6 Å². The molecule has 0 atom stereocenters. The molecule has 1 saturated carbocycles. The molecule has 5 rings (SSSR count). The third-order valence-corrected chi connectivity index (χ3v) is 6.24. The van der Waals surface area contributed by atoms with Gasteiger partial charge in [0.25, 0.3) is 0 Å². The number of aromatic amines is 1. The van der Waals surface area contributed by atoms with E-state index in [4.69, 9.17) is 9.84 Å². The molecule has 0 aliphatic heterocycles.